The number of hydrogen-bond donors (Lipinski definition) is 1. The van der Waals surface area contributed by atoms with Crippen molar-refractivity contribution in [3.8, 4) is 0 Å². The molecule has 3 aromatic rings. The molecule has 0 radical (unpaired) electrons. The lowest BCUT2D eigenvalue weighted by atomic mass is 10.00. The minimum Gasteiger partial charge on any atom is -0.320 e. The second-order valence-electron chi connectivity index (χ2n) is 4.09. The van der Waals surface area contributed by atoms with Gasteiger partial charge in [0.2, 0.25) is 0 Å². The first kappa shape index (κ1) is 11.8. The Balaban J connectivity index is 2.14. The van der Waals surface area contributed by atoms with Crippen LogP contribution in [0.15, 0.2) is 52.6 Å². The standard InChI is InChI=1S/C14H11BrN2S/c15-10-6-13(18-8-10)14(16)12-3-1-2-9-7-17-5-4-11(9)12/h1-8,14H,16H2. The highest BCUT2D eigenvalue weighted by Crippen LogP contribution is 2.31. The summed E-state index contributed by atoms with van der Waals surface area (Å²) in [5, 5.41) is 4.35. The molecule has 1 aromatic carbocycles. The van der Waals surface area contributed by atoms with Gasteiger partial charge in [-0.1, -0.05) is 18.2 Å². The van der Waals surface area contributed by atoms with Crippen LogP contribution in [0, 0.1) is 0 Å². The van der Waals surface area contributed by atoms with E-state index in [1.54, 1.807) is 11.3 Å². The molecule has 1 atom stereocenters. The Labute approximate surface area is 118 Å². The van der Waals surface area contributed by atoms with Gasteiger partial charge >= 0.3 is 0 Å². The molecule has 2 aromatic heterocycles. The average molecular weight is 319 g/mol. The molecule has 4 heteroatoms. The van der Waals surface area contributed by atoms with Gasteiger partial charge in [0.15, 0.2) is 0 Å². The zero-order valence-corrected chi connectivity index (χ0v) is 11.9. The van der Waals surface area contributed by atoms with E-state index in [1.807, 2.05) is 24.5 Å². The van der Waals surface area contributed by atoms with E-state index in [2.05, 4.69) is 44.5 Å². The number of thiophene rings is 1. The summed E-state index contributed by atoms with van der Waals surface area (Å²) in [6, 6.07) is 10.2. The summed E-state index contributed by atoms with van der Waals surface area (Å²) in [6.07, 6.45) is 3.68. The Kier molecular flexibility index (Phi) is 3.16. The molecule has 0 amide bonds. The number of aromatic nitrogens is 1. The Morgan fingerprint density at radius 1 is 1.28 bits per heavy atom. The predicted octanol–water partition coefficient (Wildman–Crippen LogP) is 4.11. The third kappa shape index (κ3) is 2.07. The summed E-state index contributed by atoms with van der Waals surface area (Å²) < 4.78 is 1.08. The molecule has 3 rings (SSSR count). The van der Waals surface area contributed by atoms with Gasteiger partial charge in [-0.15, -0.1) is 11.3 Å². The van der Waals surface area contributed by atoms with E-state index in [4.69, 9.17) is 5.73 Å². The lowest BCUT2D eigenvalue weighted by molar-refractivity contribution is 0.903. The van der Waals surface area contributed by atoms with Crippen LogP contribution in [0.1, 0.15) is 16.5 Å². The number of benzene rings is 1. The third-order valence-corrected chi connectivity index (χ3v) is 4.72. The van der Waals surface area contributed by atoms with Crippen molar-refractivity contribution in [3.63, 3.8) is 0 Å². The number of nitrogens with two attached hydrogens (primary N) is 1. The molecular formula is C14H11BrN2S. The Morgan fingerprint density at radius 3 is 2.94 bits per heavy atom. The monoisotopic (exact) mass is 318 g/mol. The van der Waals surface area contributed by atoms with E-state index in [9.17, 15) is 0 Å². The summed E-state index contributed by atoms with van der Waals surface area (Å²) in [7, 11) is 0. The van der Waals surface area contributed by atoms with Gasteiger partial charge in [-0.25, -0.2) is 0 Å². The lowest BCUT2D eigenvalue weighted by Crippen LogP contribution is -2.10. The van der Waals surface area contributed by atoms with Crippen molar-refractivity contribution in [2.75, 3.05) is 0 Å². The smallest absolute Gasteiger partial charge is 0.0652 e. The van der Waals surface area contributed by atoms with Crippen LogP contribution < -0.4 is 5.73 Å². The highest BCUT2D eigenvalue weighted by Gasteiger charge is 2.13. The van der Waals surface area contributed by atoms with Gasteiger partial charge in [-0.05, 0) is 39.0 Å². The van der Waals surface area contributed by atoms with Crippen molar-refractivity contribution >= 4 is 38.0 Å². The second-order valence-corrected chi connectivity index (χ2v) is 5.95. The predicted molar refractivity (Wildman–Crippen MR) is 79.8 cm³/mol. The van der Waals surface area contributed by atoms with Crippen LogP contribution in [-0.2, 0) is 0 Å². The molecule has 90 valence electrons. The van der Waals surface area contributed by atoms with Crippen LogP contribution in [0.5, 0.6) is 0 Å². The van der Waals surface area contributed by atoms with Crippen molar-refractivity contribution < 1.29 is 0 Å². The van der Waals surface area contributed by atoms with Crippen LogP contribution in [-0.4, -0.2) is 4.98 Å². The SMILES string of the molecule is NC(c1cc(Br)cs1)c1cccc2cnccc12. The van der Waals surface area contributed by atoms with Crippen LogP contribution in [0.4, 0.5) is 0 Å². The highest BCUT2D eigenvalue weighted by molar-refractivity contribution is 9.10. The molecule has 0 saturated carbocycles. The molecule has 0 fully saturated rings. The Morgan fingerprint density at radius 2 is 2.17 bits per heavy atom. The maximum Gasteiger partial charge on any atom is 0.0652 e. The fourth-order valence-electron chi connectivity index (χ4n) is 2.06. The molecule has 0 spiro atoms. The zero-order chi connectivity index (χ0) is 12.5. The largest absolute Gasteiger partial charge is 0.320 e. The van der Waals surface area contributed by atoms with E-state index in [0.29, 0.717) is 0 Å². The lowest BCUT2D eigenvalue weighted by Gasteiger charge is -2.12. The van der Waals surface area contributed by atoms with Crippen LogP contribution >= 0.6 is 27.3 Å². The van der Waals surface area contributed by atoms with Gasteiger partial charge in [0.05, 0.1) is 6.04 Å². The van der Waals surface area contributed by atoms with E-state index in [-0.39, 0.29) is 6.04 Å². The molecular weight excluding hydrogens is 308 g/mol. The van der Waals surface area contributed by atoms with Crippen molar-refractivity contribution in [3.05, 3.63) is 63.0 Å². The van der Waals surface area contributed by atoms with Crippen LogP contribution in [0.3, 0.4) is 0 Å². The fourth-order valence-corrected chi connectivity index (χ4v) is 3.53. The summed E-state index contributed by atoms with van der Waals surface area (Å²) in [6.45, 7) is 0. The molecule has 1 unspecified atom stereocenters. The van der Waals surface area contributed by atoms with Gasteiger partial charge in [0, 0.05) is 32.5 Å². The number of hydrogen-bond acceptors (Lipinski definition) is 3. The molecule has 2 N–H and O–H groups in total. The summed E-state index contributed by atoms with van der Waals surface area (Å²) in [5.74, 6) is 0. The molecule has 0 bridgehead atoms. The number of pyridine rings is 1. The topological polar surface area (TPSA) is 38.9 Å². The average Bonchev–Trinajstić information content (AvgIpc) is 2.84. The first-order valence-corrected chi connectivity index (χ1v) is 7.25. The summed E-state index contributed by atoms with van der Waals surface area (Å²) in [4.78, 5) is 5.30. The highest BCUT2D eigenvalue weighted by atomic mass is 79.9. The van der Waals surface area contributed by atoms with Gasteiger partial charge in [0.1, 0.15) is 0 Å². The van der Waals surface area contributed by atoms with Gasteiger partial charge in [-0.3, -0.25) is 4.98 Å². The molecule has 18 heavy (non-hydrogen) atoms. The van der Waals surface area contributed by atoms with Crippen molar-refractivity contribution in [1.29, 1.82) is 0 Å². The molecule has 0 aliphatic heterocycles. The van der Waals surface area contributed by atoms with Crippen molar-refractivity contribution in [2.45, 2.75) is 6.04 Å². The van der Waals surface area contributed by atoms with E-state index in [1.165, 1.54) is 5.39 Å². The molecule has 2 heterocycles. The number of nitrogens with zero attached hydrogens (tertiary/aromatic N) is 1. The summed E-state index contributed by atoms with van der Waals surface area (Å²) >= 11 is 5.14. The quantitative estimate of drug-likeness (QED) is 0.772. The van der Waals surface area contributed by atoms with Crippen LogP contribution in [0.2, 0.25) is 0 Å². The minimum atomic E-state index is -0.0904. The fraction of sp³-hybridized carbons (Fsp3) is 0.0714. The van der Waals surface area contributed by atoms with E-state index in [0.717, 1.165) is 20.3 Å². The maximum absolute atomic E-state index is 6.36. The zero-order valence-electron chi connectivity index (χ0n) is 9.51. The number of rotatable bonds is 2. The van der Waals surface area contributed by atoms with Gasteiger partial charge in [-0.2, -0.15) is 0 Å². The minimum absolute atomic E-state index is 0.0904. The number of halogens is 1. The Hall–Kier alpha value is -1.23. The number of fused-ring (bicyclic) bond motifs is 1. The first-order chi connectivity index (χ1) is 8.75. The van der Waals surface area contributed by atoms with E-state index < -0.39 is 0 Å². The third-order valence-electron chi connectivity index (χ3n) is 2.94. The summed E-state index contributed by atoms with van der Waals surface area (Å²) in [5.41, 5.74) is 7.51. The molecule has 0 aliphatic rings. The Bertz CT molecular complexity index is 688. The molecule has 0 saturated heterocycles. The van der Waals surface area contributed by atoms with E-state index >= 15 is 0 Å². The molecule has 0 aliphatic carbocycles. The van der Waals surface area contributed by atoms with Crippen LogP contribution in [0.25, 0.3) is 10.8 Å². The second kappa shape index (κ2) is 4.80. The van der Waals surface area contributed by atoms with Gasteiger partial charge < -0.3 is 5.73 Å². The van der Waals surface area contributed by atoms with Crippen molar-refractivity contribution in [2.24, 2.45) is 5.73 Å². The normalized spacial score (nSPS) is 12.8. The van der Waals surface area contributed by atoms with Gasteiger partial charge in [0.25, 0.3) is 0 Å². The molecule has 2 nitrogen and oxygen atoms in total. The van der Waals surface area contributed by atoms with Crippen molar-refractivity contribution in [1.82, 2.24) is 4.98 Å². The maximum atomic E-state index is 6.36. The first-order valence-electron chi connectivity index (χ1n) is 5.58.